The van der Waals surface area contributed by atoms with Gasteiger partial charge in [0.1, 0.15) is 12.4 Å². The summed E-state index contributed by atoms with van der Waals surface area (Å²) in [5.74, 6) is -0.309. The quantitative estimate of drug-likeness (QED) is 0.646. The number of carbonyl (C=O) groups is 1. The van der Waals surface area contributed by atoms with Gasteiger partial charge < -0.3 is 4.90 Å². The van der Waals surface area contributed by atoms with E-state index < -0.39 is 5.82 Å². The van der Waals surface area contributed by atoms with Crippen molar-refractivity contribution in [3.8, 4) is 0 Å². The van der Waals surface area contributed by atoms with E-state index in [4.69, 9.17) is 0 Å². The Balaban J connectivity index is 1.38. The van der Waals surface area contributed by atoms with Crippen LogP contribution in [0.2, 0.25) is 0 Å². The molecule has 0 bridgehead atoms. The number of hydrogen-bond acceptors (Lipinski definition) is 5. The van der Waals surface area contributed by atoms with Crippen LogP contribution in [-0.2, 0) is 17.9 Å². The second-order valence-corrected chi connectivity index (χ2v) is 7.68. The topological polar surface area (TPSA) is 90.1 Å². The molecule has 1 aliphatic heterocycles. The summed E-state index contributed by atoms with van der Waals surface area (Å²) in [5.41, 5.74) is 0.532. The molecule has 0 saturated carbocycles. The summed E-state index contributed by atoms with van der Waals surface area (Å²) in [5, 5.41) is 0.392. The van der Waals surface area contributed by atoms with Crippen molar-refractivity contribution >= 4 is 16.8 Å². The third-order valence-corrected chi connectivity index (χ3v) is 5.53. The van der Waals surface area contributed by atoms with Crippen molar-refractivity contribution in [2.75, 3.05) is 13.1 Å². The lowest BCUT2D eigenvalue weighted by molar-refractivity contribution is -0.133. The smallest absolute Gasteiger partial charge is 0.261 e. The Labute approximate surface area is 171 Å². The van der Waals surface area contributed by atoms with E-state index in [1.807, 2.05) is 0 Å². The molecule has 1 aromatic carbocycles. The summed E-state index contributed by atoms with van der Waals surface area (Å²) in [4.78, 5) is 47.1. The van der Waals surface area contributed by atoms with Gasteiger partial charge in [0, 0.05) is 37.5 Å². The summed E-state index contributed by atoms with van der Waals surface area (Å²) >= 11 is 0. The number of fused-ring (bicyclic) bond motifs is 1. The van der Waals surface area contributed by atoms with Crippen molar-refractivity contribution in [1.29, 1.82) is 0 Å². The number of likely N-dealkylation sites (tertiary alicyclic amines) is 1. The zero-order valence-corrected chi connectivity index (χ0v) is 16.6. The Hall–Kier alpha value is -3.36. The number of piperidine rings is 1. The van der Waals surface area contributed by atoms with Crippen molar-refractivity contribution in [2.24, 2.45) is 5.92 Å². The molecule has 1 saturated heterocycles. The highest BCUT2D eigenvalue weighted by Gasteiger charge is 2.24. The predicted molar refractivity (Wildman–Crippen MR) is 108 cm³/mol. The molecule has 3 heterocycles. The van der Waals surface area contributed by atoms with Gasteiger partial charge >= 0.3 is 0 Å². The Kier molecular flexibility index (Phi) is 5.43. The lowest BCUT2D eigenvalue weighted by Gasteiger charge is -2.32. The maximum Gasteiger partial charge on any atom is 0.261 e. The Bertz CT molecular complexity index is 1210. The number of amides is 1. The van der Waals surface area contributed by atoms with Gasteiger partial charge in [0.05, 0.1) is 23.6 Å². The van der Waals surface area contributed by atoms with Crippen LogP contribution in [0.3, 0.4) is 0 Å². The fourth-order valence-electron chi connectivity index (χ4n) is 3.79. The number of benzene rings is 1. The maximum atomic E-state index is 13.3. The van der Waals surface area contributed by atoms with Crippen molar-refractivity contribution in [3.63, 3.8) is 0 Å². The van der Waals surface area contributed by atoms with Gasteiger partial charge in [-0.15, -0.1) is 0 Å². The van der Waals surface area contributed by atoms with Crippen LogP contribution in [0.4, 0.5) is 4.39 Å². The molecular formula is C21H22FN5O3. The molecule has 1 fully saturated rings. The van der Waals surface area contributed by atoms with Crippen molar-refractivity contribution < 1.29 is 9.18 Å². The van der Waals surface area contributed by atoms with Crippen LogP contribution < -0.4 is 11.1 Å². The monoisotopic (exact) mass is 411 g/mol. The summed E-state index contributed by atoms with van der Waals surface area (Å²) in [6, 6.07) is 5.37. The van der Waals surface area contributed by atoms with Crippen LogP contribution in [0.15, 0.2) is 46.5 Å². The number of aromatic nitrogens is 4. The molecule has 0 unspecified atom stereocenters. The molecule has 9 heteroatoms. The number of rotatable bonds is 4. The highest BCUT2D eigenvalue weighted by atomic mass is 19.1. The summed E-state index contributed by atoms with van der Waals surface area (Å²) in [6.45, 7) is 3.34. The largest absolute Gasteiger partial charge is 0.341 e. The maximum absolute atomic E-state index is 13.3. The molecule has 1 aliphatic rings. The summed E-state index contributed by atoms with van der Waals surface area (Å²) in [7, 11) is 0. The lowest BCUT2D eigenvalue weighted by Crippen LogP contribution is -2.42. The fraction of sp³-hybridized carbons (Fsp3) is 0.381. The first-order valence-corrected chi connectivity index (χ1v) is 9.86. The van der Waals surface area contributed by atoms with E-state index in [2.05, 4.69) is 9.97 Å². The van der Waals surface area contributed by atoms with Gasteiger partial charge in [-0.3, -0.25) is 23.5 Å². The second kappa shape index (κ2) is 8.17. The van der Waals surface area contributed by atoms with E-state index in [0.717, 1.165) is 12.8 Å². The van der Waals surface area contributed by atoms with Crippen molar-refractivity contribution in [3.05, 3.63) is 69.1 Å². The van der Waals surface area contributed by atoms with Gasteiger partial charge in [0.2, 0.25) is 5.91 Å². The van der Waals surface area contributed by atoms with Gasteiger partial charge in [-0.1, -0.05) is 0 Å². The third kappa shape index (κ3) is 4.14. The average Bonchev–Trinajstić information content (AvgIpc) is 2.72. The zero-order valence-electron chi connectivity index (χ0n) is 16.6. The van der Waals surface area contributed by atoms with E-state index in [0.29, 0.717) is 36.2 Å². The van der Waals surface area contributed by atoms with Crippen LogP contribution >= 0.6 is 0 Å². The molecule has 156 valence electrons. The number of hydrogen-bond donors (Lipinski definition) is 0. The van der Waals surface area contributed by atoms with Crippen LogP contribution in [-0.4, -0.2) is 43.0 Å². The van der Waals surface area contributed by atoms with Gasteiger partial charge in [-0.25, -0.2) is 14.4 Å². The van der Waals surface area contributed by atoms with Crippen molar-refractivity contribution in [1.82, 2.24) is 24.0 Å². The number of carbonyl (C=O) groups excluding carboxylic acids is 1. The number of nitrogens with zero attached hydrogens (tertiary/aromatic N) is 5. The van der Waals surface area contributed by atoms with Crippen LogP contribution in [0, 0.1) is 18.7 Å². The van der Waals surface area contributed by atoms with Crippen LogP contribution in [0.25, 0.3) is 10.9 Å². The normalized spacial score (nSPS) is 14.9. The minimum atomic E-state index is -0.423. The molecule has 8 nitrogen and oxygen atoms in total. The molecular weight excluding hydrogens is 389 g/mol. The summed E-state index contributed by atoms with van der Waals surface area (Å²) in [6.07, 6.45) is 4.35. The van der Waals surface area contributed by atoms with E-state index in [9.17, 15) is 18.8 Å². The molecule has 1 amide bonds. The highest BCUT2D eigenvalue weighted by Crippen LogP contribution is 2.19. The van der Waals surface area contributed by atoms with Gasteiger partial charge in [-0.05, 0) is 37.8 Å². The Morgan fingerprint density at radius 3 is 2.57 bits per heavy atom. The molecule has 30 heavy (non-hydrogen) atoms. The van der Waals surface area contributed by atoms with Crippen molar-refractivity contribution in [2.45, 2.75) is 32.9 Å². The first kappa shape index (κ1) is 19.9. The first-order valence-electron chi connectivity index (χ1n) is 9.86. The average molecular weight is 411 g/mol. The standard InChI is InChI=1S/C21H22FN5O3/c1-14-8-19(28)26(12-23-14)11-20(29)25-6-4-15(5-7-25)10-27-13-24-18-9-16(22)2-3-17(18)21(27)30/h2-3,8-9,12-13,15H,4-7,10-11H2,1H3. The number of halogens is 1. The molecule has 0 atom stereocenters. The fourth-order valence-corrected chi connectivity index (χ4v) is 3.79. The second-order valence-electron chi connectivity index (χ2n) is 7.68. The Morgan fingerprint density at radius 1 is 1.10 bits per heavy atom. The van der Waals surface area contributed by atoms with Gasteiger partial charge in [-0.2, -0.15) is 0 Å². The van der Waals surface area contributed by atoms with E-state index in [1.165, 1.54) is 41.5 Å². The van der Waals surface area contributed by atoms with E-state index >= 15 is 0 Å². The SMILES string of the molecule is Cc1cc(=O)n(CC(=O)N2CCC(Cn3cnc4cc(F)ccc4c3=O)CC2)cn1. The Morgan fingerprint density at radius 2 is 1.83 bits per heavy atom. The molecule has 4 rings (SSSR count). The molecule has 0 radical (unpaired) electrons. The van der Waals surface area contributed by atoms with E-state index in [1.54, 1.807) is 16.4 Å². The predicted octanol–water partition coefficient (Wildman–Crippen LogP) is 1.34. The van der Waals surface area contributed by atoms with Gasteiger partial charge in [0.15, 0.2) is 0 Å². The first-order chi connectivity index (χ1) is 14.4. The highest BCUT2D eigenvalue weighted by molar-refractivity contribution is 5.77. The third-order valence-electron chi connectivity index (χ3n) is 5.53. The minimum Gasteiger partial charge on any atom is -0.341 e. The van der Waals surface area contributed by atoms with Crippen LogP contribution in [0.5, 0.6) is 0 Å². The van der Waals surface area contributed by atoms with Gasteiger partial charge in [0.25, 0.3) is 11.1 Å². The molecule has 0 aliphatic carbocycles. The zero-order chi connectivity index (χ0) is 21.3. The minimum absolute atomic E-state index is 0.0264. The lowest BCUT2D eigenvalue weighted by atomic mass is 9.96. The summed E-state index contributed by atoms with van der Waals surface area (Å²) < 4.78 is 16.2. The molecule has 0 spiro atoms. The van der Waals surface area contributed by atoms with E-state index in [-0.39, 0.29) is 29.5 Å². The molecule has 0 N–H and O–H groups in total. The molecule has 2 aromatic heterocycles. The number of aryl methyl sites for hydroxylation is 1. The molecule has 3 aromatic rings. The van der Waals surface area contributed by atoms with Crippen LogP contribution in [0.1, 0.15) is 18.5 Å².